The first-order valence-electron chi connectivity index (χ1n) is 7.50. The molecule has 0 saturated carbocycles. The van der Waals surface area contributed by atoms with Crippen LogP contribution in [0, 0.1) is 0 Å². The smallest absolute Gasteiger partial charge is 0.319 e. The highest BCUT2D eigenvalue weighted by atomic mass is 32.2. The van der Waals surface area contributed by atoms with Crippen molar-refractivity contribution in [1.29, 1.82) is 0 Å². The van der Waals surface area contributed by atoms with Crippen molar-refractivity contribution in [3.05, 3.63) is 30.2 Å². The van der Waals surface area contributed by atoms with Gasteiger partial charge in [0.2, 0.25) is 10.9 Å². The molecule has 0 aliphatic heterocycles. The Morgan fingerprint density at radius 3 is 2.92 bits per heavy atom. The predicted molar refractivity (Wildman–Crippen MR) is 94.0 cm³/mol. The molecule has 3 aromatic rings. The Hall–Kier alpha value is -2.66. The number of methoxy groups -OCH3 is 1. The van der Waals surface area contributed by atoms with E-state index in [1.54, 1.807) is 12.1 Å². The molecule has 0 bridgehead atoms. The van der Waals surface area contributed by atoms with Gasteiger partial charge in [-0.15, -0.1) is 10.2 Å². The number of thioether (sulfide) groups is 1. The summed E-state index contributed by atoms with van der Waals surface area (Å²) in [6, 6.07) is 4.87. The minimum Gasteiger partial charge on any atom is -0.468 e. The molecule has 0 aromatic carbocycles. The first kappa shape index (κ1) is 18.1. The number of amides is 1. The van der Waals surface area contributed by atoms with Crippen molar-refractivity contribution in [2.45, 2.75) is 22.9 Å². The highest BCUT2D eigenvalue weighted by Crippen LogP contribution is 2.31. The fourth-order valence-corrected chi connectivity index (χ4v) is 3.88. The molecule has 9 nitrogen and oxygen atoms in total. The number of carbonyl (C=O) groups is 2. The third-order valence-electron chi connectivity index (χ3n) is 3.21. The van der Waals surface area contributed by atoms with Gasteiger partial charge in [0.1, 0.15) is 5.25 Å². The topological polar surface area (TPSA) is 120 Å². The average Bonchev–Trinajstić information content (AvgIpc) is 3.39. The maximum atomic E-state index is 12.2. The Bertz CT molecular complexity index is 890. The standard InChI is InChI=1S/C15H14N4O5S2/c1-3-11(13(21)22-2)25-15-18-17-14(26-15)16-12(20)8-7-10(24-19-8)9-5-4-6-23-9/h4-7,11H,3H2,1-2H3,(H,16,17,20). The van der Waals surface area contributed by atoms with Crippen LogP contribution in [0.25, 0.3) is 11.5 Å². The number of hydrogen-bond donors (Lipinski definition) is 1. The fourth-order valence-electron chi connectivity index (χ4n) is 1.94. The van der Waals surface area contributed by atoms with Crippen LogP contribution in [-0.4, -0.2) is 39.6 Å². The number of rotatable bonds is 7. The first-order chi connectivity index (χ1) is 12.6. The largest absolute Gasteiger partial charge is 0.468 e. The molecular weight excluding hydrogens is 380 g/mol. The lowest BCUT2D eigenvalue weighted by Crippen LogP contribution is -2.17. The molecule has 3 heterocycles. The molecule has 0 fully saturated rings. The summed E-state index contributed by atoms with van der Waals surface area (Å²) in [6.07, 6.45) is 2.09. The van der Waals surface area contributed by atoms with E-state index >= 15 is 0 Å². The van der Waals surface area contributed by atoms with Crippen molar-refractivity contribution in [3.63, 3.8) is 0 Å². The van der Waals surface area contributed by atoms with E-state index in [0.29, 0.717) is 27.4 Å². The van der Waals surface area contributed by atoms with E-state index in [2.05, 4.69) is 20.7 Å². The second-order valence-corrected chi connectivity index (χ2v) is 7.35. The predicted octanol–water partition coefficient (Wildman–Crippen LogP) is 3.08. The van der Waals surface area contributed by atoms with E-state index in [1.807, 2.05) is 6.92 Å². The third-order valence-corrected chi connectivity index (χ3v) is 5.48. The molecule has 0 radical (unpaired) electrons. The normalized spacial score (nSPS) is 11.9. The lowest BCUT2D eigenvalue weighted by Gasteiger charge is -2.08. The van der Waals surface area contributed by atoms with Crippen LogP contribution in [0.1, 0.15) is 23.8 Å². The van der Waals surface area contributed by atoms with Crippen molar-refractivity contribution in [1.82, 2.24) is 15.4 Å². The summed E-state index contributed by atoms with van der Waals surface area (Å²) < 4.78 is 15.6. The van der Waals surface area contributed by atoms with E-state index in [9.17, 15) is 9.59 Å². The first-order valence-corrected chi connectivity index (χ1v) is 9.20. The maximum absolute atomic E-state index is 12.2. The summed E-state index contributed by atoms with van der Waals surface area (Å²) in [7, 11) is 1.34. The van der Waals surface area contributed by atoms with Crippen LogP contribution in [-0.2, 0) is 9.53 Å². The van der Waals surface area contributed by atoms with Gasteiger partial charge in [-0.2, -0.15) is 0 Å². The minimum atomic E-state index is -0.487. The number of aromatic nitrogens is 3. The maximum Gasteiger partial charge on any atom is 0.319 e. The molecule has 26 heavy (non-hydrogen) atoms. The molecule has 1 N–H and O–H groups in total. The second-order valence-electron chi connectivity index (χ2n) is 4.92. The fraction of sp³-hybridized carbons (Fsp3) is 0.267. The Morgan fingerprint density at radius 1 is 1.38 bits per heavy atom. The van der Waals surface area contributed by atoms with Crippen molar-refractivity contribution in [3.8, 4) is 11.5 Å². The highest BCUT2D eigenvalue weighted by Gasteiger charge is 2.22. The molecule has 136 valence electrons. The van der Waals surface area contributed by atoms with Gasteiger partial charge in [0.15, 0.2) is 15.8 Å². The molecule has 3 aromatic heterocycles. The number of anilines is 1. The summed E-state index contributed by atoms with van der Waals surface area (Å²) in [4.78, 5) is 23.9. The molecule has 1 amide bonds. The number of hydrogen-bond acceptors (Lipinski definition) is 10. The molecular formula is C15H14N4O5S2. The summed E-state index contributed by atoms with van der Waals surface area (Å²) in [6.45, 7) is 1.87. The van der Waals surface area contributed by atoms with Gasteiger partial charge in [-0.1, -0.05) is 35.2 Å². The van der Waals surface area contributed by atoms with Crippen LogP contribution >= 0.6 is 23.1 Å². The lowest BCUT2D eigenvalue weighted by molar-refractivity contribution is -0.140. The Kier molecular flexibility index (Phi) is 5.68. The highest BCUT2D eigenvalue weighted by molar-refractivity contribution is 8.02. The minimum absolute atomic E-state index is 0.0850. The molecule has 1 atom stereocenters. The summed E-state index contributed by atoms with van der Waals surface area (Å²) in [5, 5.41) is 14.1. The Morgan fingerprint density at radius 2 is 2.23 bits per heavy atom. The Balaban J connectivity index is 1.63. The number of esters is 1. The van der Waals surface area contributed by atoms with Gasteiger partial charge in [0.25, 0.3) is 5.91 Å². The quantitative estimate of drug-likeness (QED) is 0.366. The number of nitrogens with zero attached hydrogens (tertiary/aromatic N) is 3. The van der Waals surface area contributed by atoms with Crippen LogP contribution in [0.2, 0.25) is 0 Å². The Labute approximate surface area is 156 Å². The van der Waals surface area contributed by atoms with Crippen molar-refractivity contribution in [2.24, 2.45) is 0 Å². The molecule has 11 heteroatoms. The summed E-state index contributed by atoms with van der Waals surface area (Å²) in [5.74, 6) is 0.00250. The monoisotopic (exact) mass is 394 g/mol. The zero-order valence-electron chi connectivity index (χ0n) is 13.8. The van der Waals surface area contributed by atoms with Gasteiger partial charge in [-0.25, -0.2) is 0 Å². The number of nitrogens with one attached hydrogen (secondary N) is 1. The van der Waals surface area contributed by atoms with Crippen molar-refractivity contribution >= 4 is 40.1 Å². The molecule has 0 saturated heterocycles. The van der Waals surface area contributed by atoms with Gasteiger partial charge in [0.05, 0.1) is 13.4 Å². The second kappa shape index (κ2) is 8.15. The number of furan rings is 1. The van der Waals surface area contributed by atoms with E-state index in [0.717, 1.165) is 11.3 Å². The van der Waals surface area contributed by atoms with Crippen LogP contribution < -0.4 is 5.32 Å². The van der Waals surface area contributed by atoms with Gasteiger partial charge >= 0.3 is 5.97 Å². The van der Waals surface area contributed by atoms with E-state index in [1.165, 1.54) is 31.2 Å². The molecule has 0 aliphatic carbocycles. The van der Waals surface area contributed by atoms with Crippen LogP contribution in [0.15, 0.2) is 37.7 Å². The van der Waals surface area contributed by atoms with Crippen molar-refractivity contribution in [2.75, 3.05) is 12.4 Å². The summed E-state index contributed by atoms with van der Waals surface area (Å²) in [5.41, 5.74) is 0.0850. The van der Waals surface area contributed by atoms with Crippen LogP contribution in [0.3, 0.4) is 0 Å². The number of ether oxygens (including phenoxy) is 1. The lowest BCUT2D eigenvalue weighted by atomic mass is 10.3. The zero-order valence-corrected chi connectivity index (χ0v) is 15.4. The SMILES string of the molecule is CCC(Sc1nnc(NC(=O)c2cc(-c3ccco3)on2)s1)C(=O)OC. The molecule has 0 spiro atoms. The summed E-state index contributed by atoms with van der Waals surface area (Å²) >= 11 is 2.40. The van der Waals surface area contributed by atoms with Crippen LogP contribution in [0.5, 0.6) is 0 Å². The van der Waals surface area contributed by atoms with Gasteiger partial charge in [-0.3, -0.25) is 14.9 Å². The molecule has 0 aliphatic rings. The number of carbonyl (C=O) groups excluding carboxylic acids is 2. The third kappa shape index (κ3) is 4.11. The van der Waals surface area contributed by atoms with Crippen LogP contribution in [0.4, 0.5) is 5.13 Å². The molecule has 3 rings (SSSR count). The van der Waals surface area contributed by atoms with E-state index in [-0.39, 0.29) is 16.9 Å². The van der Waals surface area contributed by atoms with Gasteiger partial charge in [-0.05, 0) is 18.6 Å². The van der Waals surface area contributed by atoms with Gasteiger partial charge < -0.3 is 13.7 Å². The zero-order chi connectivity index (χ0) is 18.5. The van der Waals surface area contributed by atoms with Gasteiger partial charge in [0, 0.05) is 6.07 Å². The van der Waals surface area contributed by atoms with Crippen molar-refractivity contribution < 1.29 is 23.3 Å². The van der Waals surface area contributed by atoms with E-state index in [4.69, 9.17) is 13.7 Å². The van der Waals surface area contributed by atoms with E-state index < -0.39 is 5.91 Å². The molecule has 1 unspecified atom stereocenters. The average molecular weight is 394 g/mol.